The molecule has 0 aliphatic heterocycles. The number of amides is 1. The van der Waals surface area contributed by atoms with Crippen LogP contribution in [-0.4, -0.2) is 32.0 Å². The van der Waals surface area contributed by atoms with Crippen molar-refractivity contribution < 1.29 is 9.21 Å². The first-order valence-corrected chi connectivity index (χ1v) is 8.04. The number of carbonyl (C=O) groups is 1. The fourth-order valence-corrected chi connectivity index (χ4v) is 2.32. The predicted molar refractivity (Wildman–Crippen MR) is 92.3 cm³/mol. The summed E-state index contributed by atoms with van der Waals surface area (Å²) in [5.74, 6) is 0.171. The van der Waals surface area contributed by atoms with E-state index in [9.17, 15) is 14.4 Å². The van der Waals surface area contributed by atoms with Gasteiger partial charge in [0.05, 0.1) is 6.26 Å². The predicted octanol–water partition coefficient (Wildman–Crippen LogP) is 0.266. The third-order valence-corrected chi connectivity index (χ3v) is 3.59. The minimum Gasteiger partial charge on any atom is -0.463 e. The molecule has 0 aliphatic rings. The quantitative estimate of drug-likeness (QED) is 0.609. The monoisotopic (exact) mass is 355 g/mol. The third-order valence-electron chi connectivity index (χ3n) is 3.59. The van der Waals surface area contributed by atoms with Crippen molar-refractivity contribution in [2.45, 2.75) is 19.5 Å². The SMILES string of the molecule is O=C(Cn1nc(-c2ccco2)ccc1=O)NCCCn1ncccc1=O. The second kappa shape index (κ2) is 8.06. The number of aromatic nitrogens is 4. The Balaban J connectivity index is 1.53. The number of hydrogen-bond donors (Lipinski definition) is 1. The van der Waals surface area contributed by atoms with E-state index in [4.69, 9.17) is 4.42 Å². The summed E-state index contributed by atoms with van der Waals surface area (Å²) in [5.41, 5.74) is -0.100. The maximum atomic E-state index is 12.0. The maximum absolute atomic E-state index is 12.0. The lowest BCUT2D eigenvalue weighted by Crippen LogP contribution is -2.34. The van der Waals surface area contributed by atoms with Crippen LogP contribution in [0.2, 0.25) is 0 Å². The standard InChI is InChI=1S/C17H17N5O4/c23-15(18-8-3-10-21-16(24)5-1-9-19-21)12-22-17(25)7-6-13(20-22)14-4-2-11-26-14/h1-2,4-7,9,11H,3,8,10,12H2,(H,18,23). The van der Waals surface area contributed by atoms with Crippen molar-refractivity contribution in [3.63, 3.8) is 0 Å². The zero-order valence-corrected chi connectivity index (χ0v) is 13.9. The van der Waals surface area contributed by atoms with Crippen molar-refractivity contribution in [3.8, 4) is 11.5 Å². The van der Waals surface area contributed by atoms with Gasteiger partial charge in [-0.25, -0.2) is 9.36 Å². The van der Waals surface area contributed by atoms with Gasteiger partial charge in [0.2, 0.25) is 5.91 Å². The van der Waals surface area contributed by atoms with Gasteiger partial charge in [0.1, 0.15) is 12.2 Å². The average Bonchev–Trinajstić information content (AvgIpc) is 3.17. The molecule has 0 fully saturated rings. The lowest BCUT2D eigenvalue weighted by Gasteiger charge is -2.08. The summed E-state index contributed by atoms with van der Waals surface area (Å²) in [6.45, 7) is 0.553. The van der Waals surface area contributed by atoms with E-state index < -0.39 is 0 Å². The molecular weight excluding hydrogens is 338 g/mol. The molecule has 0 aliphatic carbocycles. The lowest BCUT2D eigenvalue weighted by atomic mass is 10.3. The minimum atomic E-state index is -0.379. The van der Waals surface area contributed by atoms with Crippen LogP contribution in [0.15, 0.2) is 62.9 Å². The molecule has 26 heavy (non-hydrogen) atoms. The van der Waals surface area contributed by atoms with E-state index in [1.807, 2.05) is 0 Å². The van der Waals surface area contributed by atoms with E-state index in [2.05, 4.69) is 15.5 Å². The summed E-state index contributed by atoms with van der Waals surface area (Å²) < 4.78 is 7.64. The first-order chi connectivity index (χ1) is 12.6. The van der Waals surface area contributed by atoms with Gasteiger partial charge in [-0.3, -0.25) is 14.4 Å². The van der Waals surface area contributed by atoms with Gasteiger partial charge >= 0.3 is 0 Å². The van der Waals surface area contributed by atoms with Gasteiger partial charge < -0.3 is 9.73 Å². The molecular formula is C17H17N5O4. The van der Waals surface area contributed by atoms with E-state index >= 15 is 0 Å². The number of furan rings is 1. The molecule has 0 atom stereocenters. The smallest absolute Gasteiger partial charge is 0.267 e. The van der Waals surface area contributed by atoms with Gasteiger partial charge in [0, 0.05) is 31.4 Å². The molecule has 0 radical (unpaired) electrons. The van der Waals surface area contributed by atoms with Gasteiger partial charge in [0.15, 0.2) is 5.76 Å². The highest BCUT2D eigenvalue weighted by atomic mass is 16.3. The van der Waals surface area contributed by atoms with Crippen LogP contribution < -0.4 is 16.4 Å². The summed E-state index contributed by atoms with van der Waals surface area (Å²) in [5, 5.41) is 10.8. The summed E-state index contributed by atoms with van der Waals surface area (Å²) >= 11 is 0. The van der Waals surface area contributed by atoms with Crippen LogP contribution in [0.1, 0.15) is 6.42 Å². The zero-order chi connectivity index (χ0) is 18.4. The second-order valence-electron chi connectivity index (χ2n) is 5.48. The van der Waals surface area contributed by atoms with Gasteiger partial charge in [0.25, 0.3) is 11.1 Å². The first-order valence-electron chi connectivity index (χ1n) is 8.04. The number of carbonyl (C=O) groups excluding carboxylic acids is 1. The van der Waals surface area contributed by atoms with Crippen molar-refractivity contribution in [1.29, 1.82) is 0 Å². The Morgan fingerprint density at radius 3 is 2.69 bits per heavy atom. The molecule has 0 unspecified atom stereocenters. The molecule has 9 heteroatoms. The van der Waals surface area contributed by atoms with E-state index in [0.717, 1.165) is 4.68 Å². The molecule has 3 heterocycles. The van der Waals surface area contributed by atoms with Gasteiger partial charge in [-0.05, 0) is 30.7 Å². The van der Waals surface area contributed by atoms with Crippen LogP contribution in [0.25, 0.3) is 11.5 Å². The second-order valence-corrected chi connectivity index (χ2v) is 5.48. The van der Waals surface area contributed by atoms with Gasteiger partial charge in [-0.2, -0.15) is 10.2 Å². The Kier molecular flexibility index (Phi) is 5.37. The maximum Gasteiger partial charge on any atom is 0.267 e. The minimum absolute atomic E-state index is 0.190. The molecule has 0 spiro atoms. The molecule has 9 nitrogen and oxygen atoms in total. The normalized spacial score (nSPS) is 10.6. The molecule has 1 N–H and O–H groups in total. The fraction of sp³-hybridized carbons (Fsp3) is 0.235. The Labute approximate surface area is 147 Å². The summed E-state index contributed by atoms with van der Waals surface area (Å²) in [6, 6.07) is 9.31. The first kappa shape index (κ1) is 17.3. The largest absolute Gasteiger partial charge is 0.463 e. The number of nitrogens with zero attached hydrogens (tertiary/aromatic N) is 4. The van der Waals surface area contributed by atoms with E-state index in [-0.39, 0.29) is 23.6 Å². The average molecular weight is 355 g/mol. The molecule has 134 valence electrons. The summed E-state index contributed by atoms with van der Waals surface area (Å²) in [4.78, 5) is 35.4. The van der Waals surface area contributed by atoms with Crippen LogP contribution in [0.3, 0.4) is 0 Å². The van der Waals surface area contributed by atoms with Crippen LogP contribution in [-0.2, 0) is 17.9 Å². The molecule has 3 aromatic heterocycles. The van der Waals surface area contributed by atoms with Crippen LogP contribution in [0, 0.1) is 0 Å². The van der Waals surface area contributed by atoms with Gasteiger partial charge in [-0.15, -0.1) is 0 Å². The Bertz CT molecular complexity index is 991. The molecule has 0 saturated carbocycles. The molecule has 0 aromatic carbocycles. The lowest BCUT2D eigenvalue weighted by molar-refractivity contribution is -0.121. The van der Waals surface area contributed by atoms with Crippen molar-refractivity contribution in [3.05, 3.63) is 69.6 Å². The fourth-order valence-electron chi connectivity index (χ4n) is 2.32. The topological polar surface area (TPSA) is 112 Å². The van der Waals surface area contributed by atoms with Crippen molar-refractivity contribution in [2.24, 2.45) is 0 Å². The van der Waals surface area contributed by atoms with E-state index in [0.29, 0.717) is 31.0 Å². The summed E-state index contributed by atoms with van der Waals surface area (Å²) in [6.07, 6.45) is 3.58. The van der Waals surface area contributed by atoms with E-state index in [1.165, 1.54) is 29.3 Å². The summed E-state index contributed by atoms with van der Waals surface area (Å²) in [7, 11) is 0. The Morgan fingerprint density at radius 2 is 1.92 bits per heavy atom. The Morgan fingerprint density at radius 1 is 1.08 bits per heavy atom. The molecule has 3 rings (SSSR count). The molecule has 1 amide bonds. The van der Waals surface area contributed by atoms with Crippen molar-refractivity contribution in [2.75, 3.05) is 6.54 Å². The highest BCUT2D eigenvalue weighted by Crippen LogP contribution is 2.14. The zero-order valence-electron chi connectivity index (χ0n) is 13.9. The Hall–Kier alpha value is -3.49. The number of aryl methyl sites for hydroxylation is 1. The number of rotatable bonds is 7. The van der Waals surface area contributed by atoms with Gasteiger partial charge in [-0.1, -0.05) is 0 Å². The highest BCUT2D eigenvalue weighted by Gasteiger charge is 2.09. The molecule has 3 aromatic rings. The highest BCUT2D eigenvalue weighted by molar-refractivity contribution is 5.75. The van der Waals surface area contributed by atoms with Crippen LogP contribution >= 0.6 is 0 Å². The molecule has 0 saturated heterocycles. The number of hydrogen-bond acceptors (Lipinski definition) is 6. The van der Waals surface area contributed by atoms with Crippen molar-refractivity contribution >= 4 is 5.91 Å². The van der Waals surface area contributed by atoms with E-state index in [1.54, 1.807) is 24.3 Å². The van der Waals surface area contributed by atoms with Crippen LogP contribution in [0.5, 0.6) is 0 Å². The number of nitrogens with one attached hydrogen (secondary N) is 1. The third kappa shape index (κ3) is 4.32. The van der Waals surface area contributed by atoms with Crippen molar-refractivity contribution in [1.82, 2.24) is 24.9 Å². The molecule has 0 bridgehead atoms. The van der Waals surface area contributed by atoms with Crippen LogP contribution in [0.4, 0.5) is 0 Å².